The number of hydrogen-bond acceptors (Lipinski definition) is 4. The lowest BCUT2D eigenvalue weighted by Gasteiger charge is -2.38. The number of pyridine rings is 1. The molecule has 2 N–H and O–H groups in total. The molecule has 0 bridgehead atoms. The lowest BCUT2D eigenvalue weighted by molar-refractivity contribution is 0.0925. The standard InChI is InChI=1S/C14H24N4/c1-10-7-16-13(12(3)14(10)15)9-18-6-5-17(4)8-11(18)2/h7,11H,5-6,8-9H2,1-4H3,(H2,15,16). The molecule has 0 aliphatic carbocycles. The summed E-state index contributed by atoms with van der Waals surface area (Å²) in [5, 5.41) is 0. The molecule has 4 nitrogen and oxygen atoms in total. The Morgan fingerprint density at radius 2 is 2.11 bits per heavy atom. The van der Waals surface area contributed by atoms with Gasteiger partial charge in [-0.1, -0.05) is 0 Å². The van der Waals surface area contributed by atoms with Crippen molar-refractivity contribution < 1.29 is 0 Å². The highest BCUT2D eigenvalue weighted by Gasteiger charge is 2.22. The Labute approximate surface area is 110 Å². The first-order valence-corrected chi connectivity index (χ1v) is 6.62. The Hall–Kier alpha value is -1.13. The van der Waals surface area contributed by atoms with E-state index in [2.05, 4.69) is 35.7 Å². The predicted molar refractivity (Wildman–Crippen MR) is 75.5 cm³/mol. The Kier molecular flexibility index (Phi) is 3.88. The zero-order valence-electron chi connectivity index (χ0n) is 11.9. The smallest absolute Gasteiger partial charge is 0.0593 e. The van der Waals surface area contributed by atoms with Crippen LogP contribution in [0.5, 0.6) is 0 Å². The second-order valence-electron chi connectivity index (χ2n) is 5.51. The molecule has 18 heavy (non-hydrogen) atoms. The summed E-state index contributed by atoms with van der Waals surface area (Å²) in [5.41, 5.74) is 10.3. The van der Waals surface area contributed by atoms with Crippen molar-refractivity contribution >= 4 is 5.69 Å². The van der Waals surface area contributed by atoms with E-state index in [9.17, 15) is 0 Å². The van der Waals surface area contributed by atoms with E-state index in [4.69, 9.17) is 5.73 Å². The number of aromatic nitrogens is 1. The van der Waals surface area contributed by atoms with Gasteiger partial charge in [0.15, 0.2) is 0 Å². The predicted octanol–water partition coefficient (Wildman–Crippen LogP) is 1.42. The van der Waals surface area contributed by atoms with Crippen molar-refractivity contribution in [3.63, 3.8) is 0 Å². The molecule has 1 aliphatic heterocycles. The zero-order valence-corrected chi connectivity index (χ0v) is 11.9. The van der Waals surface area contributed by atoms with Crippen LogP contribution in [0.15, 0.2) is 6.20 Å². The molecule has 2 rings (SSSR count). The lowest BCUT2D eigenvalue weighted by atomic mass is 10.1. The molecule has 1 unspecified atom stereocenters. The molecule has 0 amide bonds. The minimum atomic E-state index is 0.576. The third kappa shape index (κ3) is 2.65. The van der Waals surface area contributed by atoms with Gasteiger partial charge in [-0.2, -0.15) is 0 Å². The van der Waals surface area contributed by atoms with E-state index in [-0.39, 0.29) is 0 Å². The minimum Gasteiger partial charge on any atom is -0.398 e. The number of anilines is 1. The maximum absolute atomic E-state index is 6.08. The van der Waals surface area contributed by atoms with Crippen LogP contribution in [0.1, 0.15) is 23.7 Å². The van der Waals surface area contributed by atoms with E-state index in [1.807, 2.05) is 13.1 Å². The van der Waals surface area contributed by atoms with E-state index >= 15 is 0 Å². The van der Waals surface area contributed by atoms with Gasteiger partial charge in [-0.25, -0.2) is 0 Å². The molecular formula is C14H24N4. The first kappa shape index (κ1) is 13.3. The summed E-state index contributed by atoms with van der Waals surface area (Å²) >= 11 is 0. The molecule has 2 heterocycles. The molecule has 0 spiro atoms. The fourth-order valence-corrected chi connectivity index (χ4v) is 2.56. The maximum atomic E-state index is 6.08. The highest BCUT2D eigenvalue weighted by Crippen LogP contribution is 2.20. The van der Waals surface area contributed by atoms with Gasteiger partial charge in [0.25, 0.3) is 0 Å². The van der Waals surface area contributed by atoms with E-state index in [0.29, 0.717) is 6.04 Å². The van der Waals surface area contributed by atoms with E-state index < -0.39 is 0 Å². The van der Waals surface area contributed by atoms with Crippen LogP contribution in [0, 0.1) is 13.8 Å². The maximum Gasteiger partial charge on any atom is 0.0593 e. The molecule has 100 valence electrons. The van der Waals surface area contributed by atoms with E-state index in [1.54, 1.807) is 0 Å². The first-order valence-electron chi connectivity index (χ1n) is 6.62. The van der Waals surface area contributed by atoms with Crippen molar-refractivity contribution in [1.29, 1.82) is 0 Å². The van der Waals surface area contributed by atoms with Crippen LogP contribution in [0.3, 0.4) is 0 Å². The molecule has 0 radical (unpaired) electrons. The van der Waals surface area contributed by atoms with Crippen molar-refractivity contribution in [1.82, 2.24) is 14.8 Å². The number of piperazine rings is 1. The largest absolute Gasteiger partial charge is 0.398 e. The van der Waals surface area contributed by atoms with E-state index in [1.165, 1.54) is 0 Å². The average molecular weight is 248 g/mol. The number of hydrogen-bond donors (Lipinski definition) is 1. The third-order valence-electron chi connectivity index (χ3n) is 4.00. The summed E-state index contributed by atoms with van der Waals surface area (Å²) in [6.07, 6.45) is 1.89. The van der Waals surface area contributed by atoms with Crippen molar-refractivity contribution in [3.8, 4) is 0 Å². The van der Waals surface area contributed by atoms with Crippen molar-refractivity contribution in [2.75, 3.05) is 32.4 Å². The lowest BCUT2D eigenvalue weighted by Crippen LogP contribution is -2.49. The average Bonchev–Trinajstić information content (AvgIpc) is 2.33. The molecule has 1 aliphatic rings. The fourth-order valence-electron chi connectivity index (χ4n) is 2.56. The van der Waals surface area contributed by atoms with Gasteiger partial charge in [-0.05, 0) is 38.9 Å². The number of nitrogen functional groups attached to an aromatic ring is 1. The van der Waals surface area contributed by atoms with Crippen molar-refractivity contribution in [2.45, 2.75) is 33.4 Å². The molecule has 0 saturated carbocycles. The van der Waals surface area contributed by atoms with Crippen LogP contribution < -0.4 is 5.73 Å². The van der Waals surface area contributed by atoms with Gasteiger partial charge in [-0.3, -0.25) is 9.88 Å². The Balaban J connectivity index is 2.12. The molecule has 4 heteroatoms. The van der Waals surface area contributed by atoms with Crippen LogP contribution in [-0.4, -0.2) is 47.5 Å². The zero-order chi connectivity index (χ0) is 13.3. The number of nitrogens with two attached hydrogens (primary N) is 1. The number of likely N-dealkylation sites (N-methyl/N-ethyl adjacent to an activating group) is 1. The van der Waals surface area contributed by atoms with Crippen LogP contribution in [0.4, 0.5) is 5.69 Å². The molecule has 1 aromatic rings. The quantitative estimate of drug-likeness (QED) is 0.859. The SMILES string of the molecule is Cc1cnc(CN2CCN(C)CC2C)c(C)c1N. The first-order chi connectivity index (χ1) is 8.49. The molecule has 1 atom stereocenters. The van der Waals surface area contributed by atoms with Gasteiger partial charge in [-0.15, -0.1) is 0 Å². The van der Waals surface area contributed by atoms with Crippen LogP contribution in [0.2, 0.25) is 0 Å². The Morgan fingerprint density at radius 1 is 1.39 bits per heavy atom. The summed E-state index contributed by atoms with van der Waals surface area (Å²) in [6.45, 7) is 10.6. The highest BCUT2D eigenvalue weighted by molar-refractivity contribution is 5.53. The molecular weight excluding hydrogens is 224 g/mol. The summed E-state index contributed by atoms with van der Waals surface area (Å²) < 4.78 is 0. The molecule has 1 saturated heterocycles. The molecule has 1 aromatic heterocycles. The van der Waals surface area contributed by atoms with Gasteiger partial charge >= 0.3 is 0 Å². The molecule has 0 aromatic carbocycles. The van der Waals surface area contributed by atoms with Gasteiger partial charge in [0.05, 0.1) is 5.69 Å². The van der Waals surface area contributed by atoms with Crippen LogP contribution >= 0.6 is 0 Å². The normalized spacial score (nSPS) is 22.3. The van der Waals surface area contributed by atoms with E-state index in [0.717, 1.165) is 48.7 Å². The number of nitrogens with zero attached hydrogens (tertiary/aromatic N) is 3. The van der Waals surface area contributed by atoms with Gasteiger partial charge in [0, 0.05) is 44.1 Å². The summed E-state index contributed by atoms with van der Waals surface area (Å²) in [4.78, 5) is 9.42. The number of aryl methyl sites for hydroxylation is 1. The van der Waals surface area contributed by atoms with Crippen LogP contribution in [0.25, 0.3) is 0 Å². The molecule has 1 fully saturated rings. The third-order valence-corrected chi connectivity index (χ3v) is 4.00. The van der Waals surface area contributed by atoms with Crippen molar-refractivity contribution in [3.05, 3.63) is 23.0 Å². The Morgan fingerprint density at radius 3 is 2.78 bits per heavy atom. The Bertz CT molecular complexity index is 430. The highest BCUT2D eigenvalue weighted by atomic mass is 15.3. The summed E-state index contributed by atoms with van der Waals surface area (Å²) in [5.74, 6) is 0. The van der Waals surface area contributed by atoms with Crippen molar-refractivity contribution in [2.24, 2.45) is 0 Å². The fraction of sp³-hybridized carbons (Fsp3) is 0.643. The second-order valence-corrected chi connectivity index (χ2v) is 5.51. The minimum absolute atomic E-state index is 0.576. The van der Waals surface area contributed by atoms with Gasteiger partial charge < -0.3 is 10.6 Å². The van der Waals surface area contributed by atoms with Gasteiger partial charge in [0.2, 0.25) is 0 Å². The van der Waals surface area contributed by atoms with Crippen LogP contribution in [-0.2, 0) is 6.54 Å². The number of rotatable bonds is 2. The second kappa shape index (κ2) is 5.24. The topological polar surface area (TPSA) is 45.4 Å². The summed E-state index contributed by atoms with van der Waals surface area (Å²) in [6, 6.07) is 0.576. The monoisotopic (exact) mass is 248 g/mol. The van der Waals surface area contributed by atoms with Gasteiger partial charge in [0.1, 0.15) is 0 Å². The summed E-state index contributed by atoms with van der Waals surface area (Å²) in [7, 11) is 2.18.